The van der Waals surface area contributed by atoms with Crippen LogP contribution in [0.25, 0.3) is 0 Å². The molecule has 1 aromatic rings. The summed E-state index contributed by atoms with van der Waals surface area (Å²) in [7, 11) is 2.23. The molecule has 0 aliphatic carbocycles. The third-order valence-electron chi connectivity index (χ3n) is 5.11. The molecule has 0 unspecified atom stereocenters. The summed E-state index contributed by atoms with van der Waals surface area (Å²) in [5.41, 5.74) is 0.981. The van der Waals surface area contributed by atoms with Crippen LogP contribution in [0, 0.1) is 0 Å². The lowest BCUT2D eigenvalue weighted by Gasteiger charge is -2.37. The number of aliphatic hydroxyl groups is 1. The second-order valence-electron chi connectivity index (χ2n) is 8.23. The Morgan fingerprint density at radius 2 is 1.55 bits per heavy atom. The summed E-state index contributed by atoms with van der Waals surface area (Å²) in [6.07, 6.45) is 0.816. The van der Waals surface area contributed by atoms with E-state index < -0.39 is 8.32 Å². The summed E-state index contributed by atoms with van der Waals surface area (Å²) in [5.74, 6) is 0.950. The minimum absolute atomic E-state index is 0.141. The Labute approximate surface area is 137 Å². The first-order valence-electron chi connectivity index (χ1n) is 7.97. The zero-order valence-electron chi connectivity index (χ0n) is 15.5. The second kappa shape index (κ2) is 6.73. The summed E-state index contributed by atoms with van der Waals surface area (Å²) in [6.45, 7) is 13.5. The number of rotatable bonds is 6. The largest absolute Gasteiger partial charge is 0.544 e. The molecule has 126 valence electrons. The van der Waals surface area contributed by atoms with Crippen molar-refractivity contribution in [2.45, 2.75) is 57.8 Å². The quantitative estimate of drug-likeness (QED) is 0.805. The van der Waals surface area contributed by atoms with Crippen molar-refractivity contribution in [3.05, 3.63) is 29.8 Å². The average molecular weight is 324 g/mol. The van der Waals surface area contributed by atoms with Gasteiger partial charge < -0.3 is 14.4 Å². The predicted molar refractivity (Wildman–Crippen MR) is 97.1 cm³/mol. The van der Waals surface area contributed by atoms with Gasteiger partial charge in [0.1, 0.15) is 5.75 Å². The van der Waals surface area contributed by atoms with Crippen LogP contribution in [0.3, 0.4) is 0 Å². The van der Waals surface area contributed by atoms with E-state index in [0.717, 1.165) is 12.2 Å². The van der Waals surface area contributed by atoms with Crippen LogP contribution in [0.5, 0.6) is 5.75 Å². The molecule has 0 saturated carbocycles. The van der Waals surface area contributed by atoms with Crippen LogP contribution in [0.2, 0.25) is 18.1 Å². The Morgan fingerprint density at radius 3 is 1.91 bits per heavy atom. The molecule has 0 bridgehead atoms. The average Bonchev–Trinajstić information content (AvgIpc) is 2.39. The smallest absolute Gasteiger partial charge is 0.250 e. The first-order chi connectivity index (χ1) is 9.91. The van der Waals surface area contributed by atoms with E-state index >= 15 is 0 Å². The Hall–Kier alpha value is -0.843. The fourth-order valence-corrected chi connectivity index (χ4v) is 2.95. The predicted octanol–water partition coefficient (Wildman–Crippen LogP) is 3.93. The summed E-state index contributed by atoms with van der Waals surface area (Å²) in [4.78, 5) is 2.08. The molecule has 0 amide bonds. The van der Waals surface area contributed by atoms with E-state index in [2.05, 4.69) is 70.0 Å². The highest BCUT2D eigenvalue weighted by Gasteiger charge is 2.38. The topological polar surface area (TPSA) is 32.7 Å². The lowest BCUT2D eigenvalue weighted by molar-refractivity contribution is 0.0842. The van der Waals surface area contributed by atoms with Gasteiger partial charge >= 0.3 is 0 Å². The number of hydrogen-bond donors (Lipinski definition) is 1. The van der Waals surface area contributed by atoms with E-state index in [-0.39, 0.29) is 17.2 Å². The molecule has 1 atom stereocenters. The maximum atomic E-state index is 9.65. The van der Waals surface area contributed by atoms with Gasteiger partial charge in [0.15, 0.2) is 0 Å². The zero-order chi connectivity index (χ0) is 17.2. The Balaban J connectivity index is 2.84. The van der Waals surface area contributed by atoms with Crippen LogP contribution >= 0.6 is 0 Å². The van der Waals surface area contributed by atoms with Crippen LogP contribution in [-0.2, 0) is 6.42 Å². The standard InChI is InChI=1S/C18H33NO2Si/c1-17(2,3)22(7,8)21-16-11-9-15(10-12-16)13-18(4,14-20)19(5)6/h9-12,20H,13-14H2,1-8H3/t18-/m0/s1. The molecule has 0 fully saturated rings. The molecule has 22 heavy (non-hydrogen) atoms. The molecule has 0 aliphatic heterocycles. The number of hydrogen-bond acceptors (Lipinski definition) is 3. The molecular weight excluding hydrogens is 290 g/mol. The highest BCUT2D eigenvalue weighted by molar-refractivity contribution is 6.74. The van der Waals surface area contributed by atoms with Gasteiger partial charge in [-0.25, -0.2) is 0 Å². The summed E-state index contributed by atoms with van der Waals surface area (Å²) < 4.78 is 6.30. The summed E-state index contributed by atoms with van der Waals surface area (Å²) in [5, 5.41) is 9.85. The van der Waals surface area contributed by atoms with Gasteiger partial charge in [-0.2, -0.15) is 0 Å². The van der Waals surface area contributed by atoms with Crippen LogP contribution in [-0.4, -0.2) is 44.6 Å². The maximum Gasteiger partial charge on any atom is 0.250 e. The molecule has 0 aliphatic rings. The van der Waals surface area contributed by atoms with Crippen molar-refractivity contribution < 1.29 is 9.53 Å². The van der Waals surface area contributed by atoms with Crippen LogP contribution < -0.4 is 4.43 Å². The molecule has 0 aromatic heterocycles. The highest BCUT2D eigenvalue weighted by Crippen LogP contribution is 2.37. The fraction of sp³-hybridized carbons (Fsp3) is 0.667. The molecule has 0 spiro atoms. The van der Waals surface area contributed by atoms with Gasteiger partial charge in [0.2, 0.25) is 8.32 Å². The normalized spacial score (nSPS) is 15.7. The number of benzene rings is 1. The fourth-order valence-electron chi connectivity index (χ4n) is 1.92. The molecule has 0 saturated heterocycles. The van der Waals surface area contributed by atoms with Crippen molar-refractivity contribution in [2.75, 3.05) is 20.7 Å². The van der Waals surface area contributed by atoms with Crippen molar-refractivity contribution in [1.29, 1.82) is 0 Å². The molecule has 3 nitrogen and oxygen atoms in total. The van der Waals surface area contributed by atoms with Crippen LogP contribution in [0.1, 0.15) is 33.3 Å². The van der Waals surface area contributed by atoms with Crippen LogP contribution in [0.4, 0.5) is 0 Å². The Morgan fingerprint density at radius 1 is 1.05 bits per heavy atom. The molecule has 0 radical (unpaired) electrons. The van der Waals surface area contributed by atoms with Gasteiger partial charge in [-0.15, -0.1) is 0 Å². The Bertz CT molecular complexity index is 451. The minimum Gasteiger partial charge on any atom is -0.544 e. The highest BCUT2D eigenvalue weighted by atomic mass is 28.4. The summed E-state index contributed by atoms with van der Waals surface area (Å²) in [6, 6.07) is 8.34. The monoisotopic (exact) mass is 323 g/mol. The third-order valence-corrected chi connectivity index (χ3v) is 9.47. The van der Waals surface area contributed by atoms with Crippen molar-refractivity contribution in [1.82, 2.24) is 4.90 Å². The van der Waals surface area contributed by atoms with Crippen molar-refractivity contribution in [3.63, 3.8) is 0 Å². The van der Waals surface area contributed by atoms with E-state index in [9.17, 15) is 5.11 Å². The van der Waals surface area contributed by atoms with E-state index in [4.69, 9.17) is 4.43 Å². The second-order valence-corrected chi connectivity index (χ2v) is 13.0. The van der Waals surface area contributed by atoms with E-state index in [1.54, 1.807) is 0 Å². The SMILES string of the molecule is CN(C)[C@](C)(CO)Cc1ccc(O[Si](C)(C)C(C)(C)C)cc1. The first-order valence-corrected chi connectivity index (χ1v) is 10.9. The number of aliphatic hydroxyl groups excluding tert-OH is 1. The lowest BCUT2D eigenvalue weighted by Crippen LogP contribution is -2.46. The van der Waals surface area contributed by atoms with E-state index in [0.29, 0.717) is 0 Å². The molecule has 1 N–H and O–H groups in total. The molecule has 4 heteroatoms. The van der Waals surface area contributed by atoms with E-state index in [1.807, 2.05) is 14.1 Å². The lowest BCUT2D eigenvalue weighted by atomic mass is 9.92. The molecular formula is C18H33NO2Si. The molecule has 1 rings (SSSR count). The maximum absolute atomic E-state index is 9.65. The van der Waals surface area contributed by atoms with Crippen LogP contribution in [0.15, 0.2) is 24.3 Å². The van der Waals surface area contributed by atoms with Gasteiger partial charge in [0.25, 0.3) is 0 Å². The Kier molecular flexibility index (Phi) is 5.87. The van der Waals surface area contributed by atoms with Gasteiger partial charge in [-0.3, -0.25) is 0 Å². The van der Waals surface area contributed by atoms with Crippen molar-refractivity contribution >= 4 is 8.32 Å². The molecule has 0 heterocycles. The van der Waals surface area contributed by atoms with E-state index in [1.165, 1.54) is 5.56 Å². The number of likely N-dealkylation sites (N-methyl/N-ethyl adjacent to an activating group) is 1. The van der Waals surface area contributed by atoms with Crippen molar-refractivity contribution in [2.24, 2.45) is 0 Å². The third kappa shape index (κ3) is 4.57. The van der Waals surface area contributed by atoms with Crippen molar-refractivity contribution in [3.8, 4) is 5.75 Å². The molecule has 1 aromatic carbocycles. The first kappa shape index (κ1) is 19.2. The minimum atomic E-state index is -1.78. The summed E-state index contributed by atoms with van der Waals surface area (Å²) >= 11 is 0. The number of nitrogens with zero attached hydrogens (tertiary/aromatic N) is 1. The van der Waals surface area contributed by atoms with Gasteiger partial charge in [-0.1, -0.05) is 32.9 Å². The van der Waals surface area contributed by atoms with Gasteiger partial charge in [0.05, 0.1) is 6.61 Å². The van der Waals surface area contributed by atoms with Gasteiger partial charge in [0, 0.05) is 5.54 Å². The van der Waals surface area contributed by atoms with Gasteiger partial charge in [-0.05, 0) is 63.3 Å². The zero-order valence-corrected chi connectivity index (χ0v) is 16.5.